The van der Waals surface area contributed by atoms with Gasteiger partial charge < -0.3 is 5.32 Å². The van der Waals surface area contributed by atoms with Crippen LogP contribution in [0.1, 0.15) is 0 Å². The lowest BCUT2D eigenvalue weighted by Gasteiger charge is -1.84. The Balaban J connectivity index is 3.52. The van der Waals surface area contributed by atoms with Gasteiger partial charge in [0.2, 0.25) is 5.91 Å². The van der Waals surface area contributed by atoms with Crippen LogP contribution in [0.15, 0.2) is 12.2 Å². The van der Waals surface area contributed by atoms with E-state index in [9.17, 15) is 9.59 Å². The topological polar surface area (TPSA) is 46.2 Å². The van der Waals surface area contributed by atoms with E-state index < -0.39 is 0 Å². The summed E-state index contributed by atoms with van der Waals surface area (Å²) in [6, 6.07) is 0. The third-order valence-electron chi connectivity index (χ3n) is 0.573. The normalized spacial score (nSPS) is 9.12. The average molecular weight is 113 g/mol. The summed E-state index contributed by atoms with van der Waals surface area (Å²) >= 11 is 0. The molecule has 1 N–H and O–H groups in total. The molecule has 0 atom stereocenters. The summed E-state index contributed by atoms with van der Waals surface area (Å²) in [6.07, 6.45) is 2.85. The van der Waals surface area contributed by atoms with Crippen molar-refractivity contribution >= 4 is 12.2 Å². The number of allylic oxidation sites excluding steroid dienone is 1. The number of amides is 1. The molecule has 0 aliphatic carbocycles. The molecule has 0 aromatic carbocycles. The quantitative estimate of drug-likeness (QED) is 0.387. The Morgan fingerprint density at radius 2 is 2.25 bits per heavy atom. The predicted molar refractivity (Wildman–Crippen MR) is 29.3 cm³/mol. The van der Waals surface area contributed by atoms with E-state index in [2.05, 4.69) is 5.32 Å². The van der Waals surface area contributed by atoms with Gasteiger partial charge in [-0.1, -0.05) is 0 Å². The van der Waals surface area contributed by atoms with Gasteiger partial charge in [0, 0.05) is 13.1 Å². The number of carbonyl (C=O) groups is 2. The van der Waals surface area contributed by atoms with E-state index in [1.807, 2.05) is 0 Å². The molecule has 0 bridgehead atoms. The Kier molecular flexibility index (Phi) is 3.48. The van der Waals surface area contributed by atoms with Crippen LogP contribution in [0.2, 0.25) is 0 Å². The predicted octanol–water partition coefficient (Wildman–Crippen LogP) is -0.513. The van der Waals surface area contributed by atoms with Crippen molar-refractivity contribution in [2.24, 2.45) is 0 Å². The fourth-order valence-electron chi connectivity index (χ4n) is 0.210. The lowest BCUT2D eigenvalue weighted by Crippen LogP contribution is -2.13. The molecule has 0 saturated carbocycles. The van der Waals surface area contributed by atoms with Gasteiger partial charge in [0.05, 0.1) is 0 Å². The highest BCUT2D eigenvalue weighted by Gasteiger charge is 1.83. The second-order valence-electron chi connectivity index (χ2n) is 1.11. The molecule has 0 rings (SSSR count). The van der Waals surface area contributed by atoms with E-state index in [1.54, 1.807) is 0 Å². The minimum Gasteiger partial charge on any atom is -0.356 e. The maximum absolute atomic E-state index is 10.2. The molecule has 0 saturated heterocycles. The average Bonchev–Trinajstić information content (AvgIpc) is 1.83. The van der Waals surface area contributed by atoms with E-state index >= 15 is 0 Å². The Bertz CT molecular complexity index is 118. The third-order valence-corrected chi connectivity index (χ3v) is 0.573. The van der Waals surface area contributed by atoms with Crippen LogP contribution in [0.25, 0.3) is 0 Å². The van der Waals surface area contributed by atoms with Crippen LogP contribution in [0.3, 0.4) is 0 Å². The molecular formula is C5H7NO2. The number of hydrogen-bond acceptors (Lipinski definition) is 2. The van der Waals surface area contributed by atoms with Crippen LogP contribution in [0, 0.1) is 0 Å². The first kappa shape index (κ1) is 6.88. The zero-order chi connectivity index (χ0) is 6.41. The first-order valence-corrected chi connectivity index (χ1v) is 2.15. The molecule has 44 valence electrons. The monoisotopic (exact) mass is 113 g/mol. The summed E-state index contributed by atoms with van der Waals surface area (Å²) < 4.78 is 0. The second-order valence-corrected chi connectivity index (χ2v) is 1.11. The van der Waals surface area contributed by atoms with Gasteiger partial charge in [-0.25, -0.2) is 0 Å². The van der Waals surface area contributed by atoms with Crippen molar-refractivity contribution in [1.29, 1.82) is 0 Å². The highest BCUT2D eigenvalue weighted by Crippen LogP contribution is 1.65. The zero-order valence-electron chi connectivity index (χ0n) is 4.55. The molecule has 0 radical (unpaired) electrons. The van der Waals surface area contributed by atoms with Gasteiger partial charge in [0.25, 0.3) is 0 Å². The highest BCUT2D eigenvalue weighted by molar-refractivity contribution is 5.90. The minimum atomic E-state index is -0.267. The van der Waals surface area contributed by atoms with E-state index in [0.29, 0.717) is 6.29 Å². The van der Waals surface area contributed by atoms with Gasteiger partial charge >= 0.3 is 0 Å². The van der Waals surface area contributed by atoms with E-state index in [-0.39, 0.29) is 5.91 Å². The Morgan fingerprint density at radius 3 is 2.62 bits per heavy atom. The first-order chi connectivity index (χ1) is 3.81. The number of rotatable bonds is 2. The molecule has 8 heavy (non-hydrogen) atoms. The van der Waals surface area contributed by atoms with Crippen molar-refractivity contribution in [3.63, 3.8) is 0 Å². The zero-order valence-corrected chi connectivity index (χ0v) is 4.55. The van der Waals surface area contributed by atoms with Crippen LogP contribution in [-0.2, 0) is 9.59 Å². The van der Waals surface area contributed by atoms with Gasteiger partial charge in [0.1, 0.15) is 6.29 Å². The van der Waals surface area contributed by atoms with Crippen molar-refractivity contribution in [2.45, 2.75) is 0 Å². The van der Waals surface area contributed by atoms with Gasteiger partial charge in [0.15, 0.2) is 0 Å². The molecule has 0 spiro atoms. The largest absolute Gasteiger partial charge is 0.356 e. The minimum absolute atomic E-state index is 0.267. The van der Waals surface area contributed by atoms with Crippen LogP contribution < -0.4 is 5.32 Å². The number of hydrogen-bond donors (Lipinski definition) is 1. The van der Waals surface area contributed by atoms with Crippen LogP contribution in [0.5, 0.6) is 0 Å². The maximum atomic E-state index is 10.2. The van der Waals surface area contributed by atoms with Crippen molar-refractivity contribution in [1.82, 2.24) is 5.32 Å². The van der Waals surface area contributed by atoms with Crippen molar-refractivity contribution in [3.8, 4) is 0 Å². The summed E-state index contributed by atoms with van der Waals surface area (Å²) in [6.45, 7) is 0. The fourth-order valence-corrected chi connectivity index (χ4v) is 0.210. The number of nitrogens with one attached hydrogen (secondary N) is 1. The Labute approximate surface area is 47.4 Å². The molecule has 0 unspecified atom stereocenters. The first-order valence-electron chi connectivity index (χ1n) is 2.15. The molecule has 0 aromatic heterocycles. The summed E-state index contributed by atoms with van der Waals surface area (Å²) in [5, 5.41) is 2.32. The molecular weight excluding hydrogens is 106 g/mol. The molecule has 3 heteroatoms. The number of likely N-dealkylation sites (N-methyl/N-ethyl adjacent to an activating group) is 1. The lowest BCUT2D eigenvalue weighted by molar-refractivity contribution is -0.116. The second kappa shape index (κ2) is 4.05. The van der Waals surface area contributed by atoms with Crippen molar-refractivity contribution in [3.05, 3.63) is 12.2 Å². The van der Waals surface area contributed by atoms with E-state index in [1.165, 1.54) is 7.05 Å². The Morgan fingerprint density at radius 1 is 1.62 bits per heavy atom. The van der Waals surface area contributed by atoms with Gasteiger partial charge in [-0.3, -0.25) is 9.59 Å². The van der Waals surface area contributed by atoms with Gasteiger partial charge in [-0.15, -0.1) is 0 Å². The van der Waals surface area contributed by atoms with Crippen LogP contribution >= 0.6 is 0 Å². The highest BCUT2D eigenvalue weighted by atomic mass is 16.1. The van der Waals surface area contributed by atoms with Crippen molar-refractivity contribution in [2.75, 3.05) is 7.05 Å². The molecule has 0 aromatic rings. The molecule has 1 amide bonds. The standard InChI is InChI=1S/C5H7NO2/c1-6-5(8)3-2-4-7/h2-4H,1H3,(H,6,8)/b3-2+. The Hall–Kier alpha value is -1.12. The fraction of sp³-hybridized carbons (Fsp3) is 0.200. The molecule has 3 nitrogen and oxygen atoms in total. The molecule has 0 heterocycles. The van der Waals surface area contributed by atoms with Gasteiger partial charge in [-0.05, 0) is 6.08 Å². The number of aldehydes is 1. The number of carbonyl (C=O) groups excluding carboxylic acids is 2. The summed E-state index contributed by atoms with van der Waals surface area (Å²) in [7, 11) is 1.50. The summed E-state index contributed by atoms with van der Waals surface area (Å²) in [4.78, 5) is 19.8. The molecule has 0 aliphatic heterocycles. The SMILES string of the molecule is CNC(=O)/C=C/C=O. The van der Waals surface area contributed by atoms with Crippen LogP contribution in [0.4, 0.5) is 0 Å². The van der Waals surface area contributed by atoms with Gasteiger partial charge in [-0.2, -0.15) is 0 Å². The maximum Gasteiger partial charge on any atom is 0.243 e. The molecule has 0 fully saturated rings. The third kappa shape index (κ3) is 3.08. The smallest absolute Gasteiger partial charge is 0.243 e. The summed E-state index contributed by atoms with van der Waals surface area (Å²) in [5.41, 5.74) is 0. The van der Waals surface area contributed by atoms with Crippen molar-refractivity contribution < 1.29 is 9.59 Å². The molecule has 0 aliphatic rings. The van der Waals surface area contributed by atoms with E-state index in [4.69, 9.17) is 0 Å². The summed E-state index contributed by atoms with van der Waals surface area (Å²) in [5.74, 6) is -0.267. The van der Waals surface area contributed by atoms with E-state index in [0.717, 1.165) is 12.2 Å². The lowest BCUT2D eigenvalue weighted by atomic mass is 10.5. The van der Waals surface area contributed by atoms with Crippen LogP contribution in [-0.4, -0.2) is 19.2 Å².